The van der Waals surface area contributed by atoms with Gasteiger partial charge in [-0.2, -0.15) is 0 Å². The smallest absolute Gasteiger partial charge is 0.408 e. The van der Waals surface area contributed by atoms with E-state index in [1.807, 2.05) is 0 Å². The Morgan fingerprint density at radius 2 is 2.24 bits per heavy atom. The maximum Gasteiger partial charge on any atom is 0.408 e. The average Bonchev–Trinajstić information content (AvgIpc) is 2.26. The quantitative estimate of drug-likeness (QED) is 0.838. The lowest BCUT2D eigenvalue weighted by Crippen LogP contribution is -2.49. The van der Waals surface area contributed by atoms with Crippen LogP contribution in [0.4, 0.5) is 13.6 Å². The summed E-state index contributed by atoms with van der Waals surface area (Å²) in [6.45, 7) is -0.956. The minimum atomic E-state index is -3.19. The lowest BCUT2D eigenvalue weighted by Gasteiger charge is -2.31. The number of phenolic OH excluding ortho intramolecular Hbond substituents is 1. The van der Waals surface area contributed by atoms with Gasteiger partial charge in [0.15, 0.2) is 6.61 Å². The summed E-state index contributed by atoms with van der Waals surface area (Å²) in [5.41, 5.74) is 0.191. The summed E-state index contributed by atoms with van der Waals surface area (Å²) in [4.78, 5) is 11.0. The molecule has 2 rings (SSSR count). The summed E-state index contributed by atoms with van der Waals surface area (Å²) < 4.78 is 31.6. The number of nitrogens with one attached hydrogen (secondary N) is 1. The van der Waals surface area contributed by atoms with Crippen LogP contribution in [0.2, 0.25) is 0 Å². The van der Waals surface area contributed by atoms with E-state index in [-0.39, 0.29) is 15.8 Å². The van der Waals surface area contributed by atoms with Crippen LogP contribution in [0, 0.1) is 0 Å². The van der Waals surface area contributed by atoms with Crippen molar-refractivity contribution >= 4 is 22.0 Å². The van der Waals surface area contributed by atoms with Gasteiger partial charge in [-0.25, -0.2) is 13.6 Å². The molecule has 0 aromatic heterocycles. The van der Waals surface area contributed by atoms with Gasteiger partial charge in [-0.05, 0) is 33.6 Å². The highest BCUT2D eigenvalue weighted by molar-refractivity contribution is 9.10. The Labute approximate surface area is 104 Å². The number of amides is 1. The predicted octanol–water partition coefficient (Wildman–Crippen LogP) is 2.57. The zero-order valence-electron chi connectivity index (χ0n) is 8.41. The Hall–Kier alpha value is -1.37. The van der Waals surface area contributed by atoms with E-state index in [0.29, 0.717) is 0 Å². The molecule has 0 aliphatic carbocycles. The zero-order valence-corrected chi connectivity index (χ0v) is 10.0. The summed E-state index contributed by atoms with van der Waals surface area (Å²) >= 11 is 3.03. The van der Waals surface area contributed by atoms with Crippen molar-refractivity contribution in [1.82, 2.24) is 5.32 Å². The molecule has 1 fully saturated rings. The van der Waals surface area contributed by atoms with Gasteiger partial charge in [0.05, 0.1) is 4.47 Å². The molecule has 92 valence electrons. The van der Waals surface area contributed by atoms with E-state index in [4.69, 9.17) is 0 Å². The van der Waals surface area contributed by atoms with Crippen LogP contribution >= 0.6 is 15.9 Å². The van der Waals surface area contributed by atoms with Crippen LogP contribution in [0.25, 0.3) is 0 Å². The Morgan fingerprint density at radius 1 is 1.53 bits per heavy atom. The van der Waals surface area contributed by atoms with Crippen LogP contribution in [0.5, 0.6) is 5.75 Å². The number of hydrogen-bond acceptors (Lipinski definition) is 3. The van der Waals surface area contributed by atoms with E-state index in [9.17, 15) is 18.7 Å². The first-order valence-corrected chi connectivity index (χ1v) is 5.49. The Bertz CT molecular complexity index is 467. The van der Waals surface area contributed by atoms with E-state index in [1.54, 1.807) is 0 Å². The maximum atomic E-state index is 13.5. The van der Waals surface area contributed by atoms with Crippen LogP contribution in [-0.2, 0) is 4.74 Å². The minimum Gasteiger partial charge on any atom is -0.507 e. The fourth-order valence-corrected chi connectivity index (χ4v) is 1.94. The second-order valence-electron chi connectivity index (χ2n) is 3.63. The van der Waals surface area contributed by atoms with Crippen LogP contribution in [0.15, 0.2) is 22.7 Å². The molecule has 0 spiro atoms. The molecule has 17 heavy (non-hydrogen) atoms. The van der Waals surface area contributed by atoms with E-state index in [0.717, 1.165) is 0 Å². The highest BCUT2D eigenvalue weighted by Crippen LogP contribution is 2.36. The molecule has 1 aromatic rings. The molecule has 1 amide bonds. The number of alkyl carbamates (subject to hydrolysis) is 1. The summed E-state index contributed by atoms with van der Waals surface area (Å²) in [5.74, 6) is -3.25. The van der Waals surface area contributed by atoms with Crippen LogP contribution in [-0.4, -0.2) is 23.7 Å². The number of cyclic esters (lactones) is 1. The summed E-state index contributed by atoms with van der Waals surface area (Å²) in [6.07, 6.45) is -0.884. The van der Waals surface area contributed by atoms with Gasteiger partial charge in [0.2, 0.25) is 0 Å². The third-order valence-electron chi connectivity index (χ3n) is 2.39. The molecule has 1 aliphatic rings. The number of rotatable bonds is 1. The Kier molecular flexibility index (Phi) is 2.94. The largest absolute Gasteiger partial charge is 0.507 e. The lowest BCUT2D eigenvalue weighted by atomic mass is 10.00. The number of carbonyl (C=O) groups is 1. The van der Waals surface area contributed by atoms with Crippen LogP contribution < -0.4 is 5.32 Å². The van der Waals surface area contributed by atoms with Crippen molar-refractivity contribution in [3.8, 4) is 5.75 Å². The minimum absolute atomic E-state index is 0.0598. The molecule has 0 bridgehead atoms. The number of aromatic hydroxyl groups is 1. The molecule has 0 radical (unpaired) electrons. The van der Waals surface area contributed by atoms with Gasteiger partial charge >= 0.3 is 12.0 Å². The Balaban J connectivity index is 2.36. The van der Waals surface area contributed by atoms with Gasteiger partial charge in [0.1, 0.15) is 11.8 Å². The molecule has 1 aliphatic heterocycles. The van der Waals surface area contributed by atoms with E-state index in [1.165, 1.54) is 18.2 Å². The molecule has 0 unspecified atom stereocenters. The second kappa shape index (κ2) is 4.14. The normalized spacial score (nSPS) is 22.8. The van der Waals surface area contributed by atoms with Crippen molar-refractivity contribution in [2.75, 3.05) is 6.61 Å². The number of halogens is 3. The van der Waals surface area contributed by atoms with Gasteiger partial charge in [0.25, 0.3) is 0 Å². The van der Waals surface area contributed by atoms with Crippen molar-refractivity contribution in [2.24, 2.45) is 0 Å². The summed E-state index contributed by atoms with van der Waals surface area (Å²) in [7, 11) is 0. The molecule has 7 heteroatoms. The third kappa shape index (κ3) is 2.33. The van der Waals surface area contributed by atoms with Gasteiger partial charge in [0, 0.05) is 0 Å². The molecule has 1 saturated heterocycles. The van der Waals surface area contributed by atoms with Crippen molar-refractivity contribution in [3.05, 3.63) is 28.2 Å². The fraction of sp³-hybridized carbons (Fsp3) is 0.300. The molecule has 1 aromatic carbocycles. The molecule has 1 heterocycles. The monoisotopic (exact) mass is 307 g/mol. The third-order valence-corrected chi connectivity index (χ3v) is 3.02. The average molecular weight is 308 g/mol. The van der Waals surface area contributed by atoms with E-state index >= 15 is 0 Å². The van der Waals surface area contributed by atoms with Crippen molar-refractivity contribution in [2.45, 2.75) is 12.0 Å². The van der Waals surface area contributed by atoms with Crippen molar-refractivity contribution < 1.29 is 23.4 Å². The highest BCUT2D eigenvalue weighted by atomic mass is 79.9. The van der Waals surface area contributed by atoms with Gasteiger partial charge in [-0.3, -0.25) is 0 Å². The van der Waals surface area contributed by atoms with Crippen molar-refractivity contribution in [3.63, 3.8) is 0 Å². The number of ether oxygens (including phenoxy) is 1. The lowest BCUT2D eigenvalue weighted by molar-refractivity contribution is -0.104. The molecule has 0 saturated carbocycles. The topological polar surface area (TPSA) is 58.6 Å². The predicted molar refractivity (Wildman–Crippen MR) is 58.0 cm³/mol. The number of phenols is 1. The van der Waals surface area contributed by atoms with Gasteiger partial charge < -0.3 is 15.2 Å². The van der Waals surface area contributed by atoms with Crippen molar-refractivity contribution in [1.29, 1.82) is 0 Å². The Morgan fingerprint density at radius 3 is 2.88 bits per heavy atom. The second-order valence-corrected chi connectivity index (χ2v) is 4.48. The standard InChI is InChI=1S/C10H8BrF2NO3/c11-6-3-5(1-2-7(6)15)8-10(12,13)4-17-9(16)14-8/h1-3,8,15H,4H2,(H,14,16)/t8-/m1/s1. The fourth-order valence-electron chi connectivity index (χ4n) is 1.54. The summed E-state index contributed by atoms with van der Waals surface area (Å²) in [6, 6.07) is 2.47. The van der Waals surface area contributed by atoms with Gasteiger partial charge in [-0.1, -0.05) is 6.07 Å². The van der Waals surface area contributed by atoms with Crippen LogP contribution in [0.1, 0.15) is 11.6 Å². The molecule has 4 nitrogen and oxygen atoms in total. The van der Waals surface area contributed by atoms with E-state index in [2.05, 4.69) is 26.0 Å². The maximum absolute atomic E-state index is 13.5. The van der Waals surface area contributed by atoms with Gasteiger partial charge in [-0.15, -0.1) is 0 Å². The number of carbonyl (C=O) groups excluding carboxylic acids is 1. The first-order chi connectivity index (χ1) is 7.90. The molecular formula is C10H8BrF2NO3. The number of alkyl halides is 2. The SMILES string of the molecule is O=C1N[C@H](c2ccc(O)c(Br)c2)C(F)(F)CO1. The number of hydrogen-bond donors (Lipinski definition) is 2. The van der Waals surface area contributed by atoms with Crippen LogP contribution in [0.3, 0.4) is 0 Å². The molecular weight excluding hydrogens is 300 g/mol. The summed E-state index contributed by atoms with van der Waals surface area (Å²) in [5, 5.41) is 11.3. The van der Waals surface area contributed by atoms with E-state index < -0.39 is 24.7 Å². The first-order valence-electron chi connectivity index (χ1n) is 4.70. The molecule has 2 N–H and O–H groups in total. The zero-order chi connectivity index (χ0) is 12.6. The highest BCUT2D eigenvalue weighted by Gasteiger charge is 2.46. The number of benzene rings is 1. The first kappa shape index (κ1) is 12.1. The molecule has 1 atom stereocenters.